The number of aromatic nitrogens is 3. The van der Waals surface area contributed by atoms with Crippen molar-refractivity contribution < 1.29 is 23.8 Å². The lowest BCUT2D eigenvalue weighted by atomic mass is 10.3. The summed E-state index contributed by atoms with van der Waals surface area (Å²) in [6.07, 6.45) is 0.815. The Bertz CT molecular complexity index is 622. The van der Waals surface area contributed by atoms with Crippen molar-refractivity contribution in [2.45, 2.75) is 0 Å². The minimum absolute atomic E-state index is 0.295. The summed E-state index contributed by atoms with van der Waals surface area (Å²) in [5, 5.41) is 12.4. The third-order valence-corrected chi connectivity index (χ3v) is 2.04. The van der Waals surface area contributed by atoms with E-state index in [0.717, 1.165) is 23.9 Å². The second-order valence-corrected chi connectivity index (χ2v) is 3.05. The molecule has 2 heterocycles. The van der Waals surface area contributed by atoms with Crippen molar-refractivity contribution in [3.63, 3.8) is 0 Å². The van der Waals surface area contributed by atoms with Crippen LogP contribution in [0.2, 0.25) is 0 Å². The van der Waals surface area contributed by atoms with E-state index in [9.17, 15) is 14.0 Å². The number of methoxy groups -OCH3 is 1. The highest BCUT2D eigenvalue weighted by Crippen LogP contribution is 2.11. The van der Waals surface area contributed by atoms with Crippen molar-refractivity contribution in [2.24, 2.45) is 0 Å². The average Bonchev–Trinajstić information content (AvgIpc) is 2.69. The summed E-state index contributed by atoms with van der Waals surface area (Å²) >= 11 is 0. The molecule has 7 nitrogen and oxygen atoms in total. The monoisotopic (exact) mass is 239 g/mol. The van der Waals surface area contributed by atoms with Gasteiger partial charge in [-0.3, -0.25) is 0 Å². The molecule has 0 aliphatic carbocycles. The van der Waals surface area contributed by atoms with Gasteiger partial charge in [0.05, 0.1) is 13.3 Å². The highest BCUT2D eigenvalue weighted by atomic mass is 19.1. The molecule has 0 bridgehead atoms. The molecule has 0 saturated heterocycles. The van der Waals surface area contributed by atoms with E-state index in [0.29, 0.717) is 0 Å². The van der Waals surface area contributed by atoms with Crippen molar-refractivity contribution in [1.82, 2.24) is 14.6 Å². The highest BCUT2D eigenvalue weighted by molar-refractivity contribution is 5.92. The Morgan fingerprint density at radius 1 is 1.53 bits per heavy atom. The van der Waals surface area contributed by atoms with Crippen LogP contribution in [-0.4, -0.2) is 38.8 Å². The van der Waals surface area contributed by atoms with Gasteiger partial charge in [0.25, 0.3) is 0 Å². The predicted octanol–water partition coefficient (Wildman–Crippen LogP) is 0.353. The number of carboxylic acid groups (broad SMARTS) is 1. The fourth-order valence-corrected chi connectivity index (χ4v) is 1.30. The molecule has 2 rings (SSSR count). The lowest BCUT2D eigenvalue weighted by Crippen LogP contribution is -2.13. The van der Waals surface area contributed by atoms with Crippen LogP contribution in [0.4, 0.5) is 4.39 Å². The summed E-state index contributed by atoms with van der Waals surface area (Å²) in [4.78, 5) is 25.8. The van der Waals surface area contributed by atoms with E-state index in [4.69, 9.17) is 5.11 Å². The zero-order valence-corrected chi connectivity index (χ0v) is 8.55. The summed E-state index contributed by atoms with van der Waals surface area (Å²) in [6.45, 7) is 0. The molecule has 0 atom stereocenters. The number of carbonyl (C=O) groups is 2. The van der Waals surface area contributed by atoms with E-state index in [1.807, 2.05) is 0 Å². The molecule has 0 radical (unpaired) electrons. The smallest absolute Gasteiger partial charge is 0.356 e. The summed E-state index contributed by atoms with van der Waals surface area (Å²) in [5.41, 5.74) is -1.01. The number of hydrogen-bond acceptors (Lipinski definition) is 5. The number of fused-ring (bicyclic) bond motifs is 1. The summed E-state index contributed by atoms with van der Waals surface area (Å²) in [5.74, 6) is -3.03. The summed E-state index contributed by atoms with van der Waals surface area (Å²) in [6, 6.07) is 0.966. The van der Waals surface area contributed by atoms with E-state index < -0.39 is 17.8 Å². The summed E-state index contributed by atoms with van der Waals surface area (Å²) < 4.78 is 18.4. The molecule has 17 heavy (non-hydrogen) atoms. The van der Waals surface area contributed by atoms with E-state index in [2.05, 4.69) is 14.8 Å². The Balaban J connectivity index is 2.78. The molecule has 0 amide bonds. The van der Waals surface area contributed by atoms with Gasteiger partial charge in [-0.05, 0) is 0 Å². The number of hydrogen-bond donors (Lipinski definition) is 1. The van der Waals surface area contributed by atoms with Gasteiger partial charge in [0.2, 0.25) is 0 Å². The molecule has 2 aromatic rings. The molecule has 0 aromatic carbocycles. The molecule has 0 aliphatic rings. The standard InChI is InChI=1S/C9H6FN3O4/c1-17-9(16)5-2-6(8(14)15)13-7(12-5)4(10)3-11-13/h2-3H,1H3,(H,14,15). The third kappa shape index (κ3) is 1.69. The maximum absolute atomic E-state index is 13.2. The average molecular weight is 239 g/mol. The van der Waals surface area contributed by atoms with Gasteiger partial charge in [0.15, 0.2) is 22.9 Å². The molecule has 0 aliphatic heterocycles. The second-order valence-electron chi connectivity index (χ2n) is 3.05. The highest BCUT2D eigenvalue weighted by Gasteiger charge is 2.19. The van der Waals surface area contributed by atoms with Crippen LogP contribution >= 0.6 is 0 Å². The first-order chi connectivity index (χ1) is 8.04. The van der Waals surface area contributed by atoms with Crippen molar-refractivity contribution in [3.8, 4) is 0 Å². The molecule has 0 unspecified atom stereocenters. The number of esters is 1. The van der Waals surface area contributed by atoms with Gasteiger partial charge in [-0.2, -0.15) is 5.10 Å². The molecule has 8 heteroatoms. The maximum Gasteiger partial charge on any atom is 0.356 e. The number of carboxylic acids is 1. The lowest BCUT2D eigenvalue weighted by Gasteiger charge is -2.02. The third-order valence-electron chi connectivity index (χ3n) is 2.04. The fourth-order valence-electron chi connectivity index (χ4n) is 1.30. The normalized spacial score (nSPS) is 10.5. The quantitative estimate of drug-likeness (QED) is 0.760. The number of nitrogens with zero attached hydrogens (tertiary/aromatic N) is 3. The molecule has 1 N–H and O–H groups in total. The second kappa shape index (κ2) is 3.81. The number of carbonyl (C=O) groups excluding carboxylic acids is 1. The van der Waals surface area contributed by atoms with Crippen LogP contribution in [0.5, 0.6) is 0 Å². The minimum atomic E-state index is -1.36. The number of halogens is 1. The fraction of sp³-hybridized carbons (Fsp3) is 0.111. The van der Waals surface area contributed by atoms with Gasteiger partial charge in [-0.1, -0.05) is 0 Å². The van der Waals surface area contributed by atoms with Crippen LogP contribution in [0.15, 0.2) is 12.3 Å². The van der Waals surface area contributed by atoms with E-state index in [1.54, 1.807) is 0 Å². The van der Waals surface area contributed by atoms with E-state index in [-0.39, 0.29) is 17.0 Å². The maximum atomic E-state index is 13.2. The van der Waals surface area contributed by atoms with Crippen LogP contribution in [0.3, 0.4) is 0 Å². The van der Waals surface area contributed by atoms with Gasteiger partial charge < -0.3 is 9.84 Å². The molecule has 2 aromatic heterocycles. The van der Waals surface area contributed by atoms with Crippen LogP contribution < -0.4 is 0 Å². The largest absolute Gasteiger partial charge is 0.477 e. The van der Waals surface area contributed by atoms with E-state index >= 15 is 0 Å². The number of aromatic carboxylic acids is 1. The van der Waals surface area contributed by atoms with Gasteiger partial charge in [0, 0.05) is 6.07 Å². The number of ether oxygens (including phenoxy) is 1. The Kier molecular flexibility index (Phi) is 2.47. The van der Waals surface area contributed by atoms with Gasteiger partial charge >= 0.3 is 11.9 Å². The van der Waals surface area contributed by atoms with Crippen LogP contribution in [0.25, 0.3) is 5.65 Å². The number of rotatable bonds is 2. The Hall–Kier alpha value is -2.51. The summed E-state index contributed by atoms with van der Waals surface area (Å²) in [7, 11) is 1.11. The first-order valence-corrected chi connectivity index (χ1v) is 4.40. The van der Waals surface area contributed by atoms with Gasteiger partial charge in [-0.15, -0.1) is 0 Å². The van der Waals surface area contributed by atoms with Crippen LogP contribution in [-0.2, 0) is 4.74 Å². The molecular weight excluding hydrogens is 233 g/mol. The van der Waals surface area contributed by atoms with Gasteiger partial charge in [0.1, 0.15) is 0 Å². The molecule has 0 spiro atoms. The lowest BCUT2D eigenvalue weighted by molar-refractivity contribution is 0.0594. The van der Waals surface area contributed by atoms with Crippen molar-refractivity contribution in [1.29, 1.82) is 0 Å². The Morgan fingerprint density at radius 3 is 2.82 bits per heavy atom. The first-order valence-electron chi connectivity index (χ1n) is 4.40. The molecule has 0 fully saturated rings. The predicted molar refractivity (Wildman–Crippen MR) is 51.2 cm³/mol. The van der Waals surface area contributed by atoms with Crippen LogP contribution in [0, 0.1) is 5.82 Å². The van der Waals surface area contributed by atoms with E-state index in [1.165, 1.54) is 0 Å². The Morgan fingerprint density at radius 2 is 2.24 bits per heavy atom. The topological polar surface area (TPSA) is 93.8 Å². The van der Waals surface area contributed by atoms with Crippen molar-refractivity contribution >= 4 is 17.6 Å². The molecule has 0 saturated carbocycles. The SMILES string of the molecule is COC(=O)c1cc(C(=O)O)n2ncc(F)c2n1. The van der Waals surface area contributed by atoms with Crippen molar-refractivity contribution in [2.75, 3.05) is 7.11 Å². The minimum Gasteiger partial charge on any atom is -0.477 e. The molecule has 88 valence electrons. The zero-order valence-electron chi connectivity index (χ0n) is 8.55. The van der Waals surface area contributed by atoms with Crippen molar-refractivity contribution in [3.05, 3.63) is 29.5 Å². The molecular formula is C9H6FN3O4. The first kappa shape index (κ1) is 11.0. The zero-order chi connectivity index (χ0) is 12.6. The Labute approximate surface area is 93.4 Å². The van der Waals surface area contributed by atoms with Crippen LogP contribution in [0.1, 0.15) is 21.0 Å². The van der Waals surface area contributed by atoms with Gasteiger partial charge in [-0.25, -0.2) is 23.5 Å².